The van der Waals surface area contributed by atoms with E-state index in [1.54, 1.807) is 32.9 Å². The van der Waals surface area contributed by atoms with E-state index in [4.69, 9.17) is 4.74 Å². The maximum atomic E-state index is 12.2. The highest BCUT2D eigenvalue weighted by molar-refractivity contribution is 8.00. The van der Waals surface area contributed by atoms with Gasteiger partial charge in [-0.25, -0.2) is 4.79 Å². The Balaban J connectivity index is 2.22. The third kappa shape index (κ3) is 9.93. The van der Waals surface area contributed by atoms with Crippen molar-refractivity contribution < 1.29 is 22.7 Å². The van der Waals surface area contributed by atoms with Crippen LogP contribution in [0.15, 0.2) is 29.2 Å². The molecule has 23 heavy (non-hydrogen) atoms. The zero-order valence-electron chi connectivity index (χ0n) is 13.3. The van der Waals surface area contributed by atoms with Gasteiger partial charge < -0.3 is 15.4 Å². The SMILES string of the molecule is CC(C)(C)OC(=O)NCCCNc1ccc(SC(F)(F)F)cc1. The maximum absolute atomic E-state index is 12.2. The Morgan fingerprint density at radius 3 is 2.26 bits per heavy atom. The van der Waals surface area contributed by atoms with Gasteiger partial charge in [0.05, 0.1) is 0 Å². The first-order valence-electron chi connectivity index (χ1n) is 7.12. The minimum absolute atomic E-state index is 0.140. The Morgan fingerprint density at radius 1 is 1.13 bits per heavy atom. The number of rotatable bonds is 6. The molecule has 1 aromatic rings. The number of thioether (sulfide) groups is 1. The molecule has 0 fully saturated rings. The zero-order chi connectivity index (χ0) is 17.5. The van der Waals surface area contributed by atoms with Crippen LogP contribution in [0.3, 0.4) is 0 Å². The lowest BCUT2D eigenvalue weighted by Crippen LogP contribution is -2.33. The summed E-state index contributed by atoms with van der Waals surface area (Å²) in [6.45, 7) is 6.39. The second kappa shape index (κ2) is 8.33. The Bertz CT molecular complexity index is 499. The largest absolute Gasteiger partial charge is 0.446 e. The van der Waals surface area contributed by atoms with E-state index in [0.717, 1.165) is 5.69 Å². The molecule has 1 amide bonds. The summed E-state index contributed by atoms with van der Waals surface area (Å²) in [5, 5.41) is 5.70. The summed E-state index contributed by atoms with van der Waals surface area (Å²) in [7, 11) is 0. The number of ether oxygens (including phenoxy) is 1. The maximum Gasteiger partial charge on any atom is 0.446 e. The van der Waals surface area contributed by atoms with E-state index in [1.165, 1.54) is 12.1 Å². The fraction of sp³-hybridized carbons (Fsp3) is 0.533. The third-order valence-corrected chi connectivity index (χ3v) is 3.18. The van der Waals surface area contributed by atoms with Crippen LogP contribution in [-0.4, -0.2) is 30.3 Å². The number of carbonyl (C=O) groups excluding carboxylic acids is 1. The second-order valence-corrected chi connectivity index (χ2v) is 6.92. The summed E-state index contributed by atoms with van der Waals surface area (Å²) >= 11 is -0.140. The molecule has 0 saturated carbocycles. The van der Waals surface area contributed by atoms with Gasteiger partial charge >= 0.3 is 11.6 Å². The molecule has 130 valence electrons. The molecule has 0 aliphatic carbocycles. The molecule has 0 spiro atoms. The number of alkyl carbamates (subject to hydrolysis) is 1. The number of carbonyl (C=O) groups is 1. The smallest absolute Gasteiger partial charge is 0.444 e. The molecular formula is C15H21F3N2O2S. The van der Waals surface area contributed by atoms with Gasteiger partial charge in [0.1, 0.15) is 5.60 Å². The van der Waals surface area contributed by atoms with Gasteiger partial charge in [0.2, 0.25) is 0 Å². The predicted molar refractivity (Wildman–Crippen MR) is 85.7 cm³/mol. The van der Waals surface area contributed by atoms with Crippen molar-refractivity contribution in [2.45, 2.75) is 43.2 Å². The van der Waals surface area contributed by atoms with Crippen molar-refractivity contribution in [1.29, 1.82) is 0 Å². The number of halogens is 3. The first-order chi connectivity index (χ1) is 10.6. The summed E-state index contributed by atoms with van der Waals surface area (Å²) in [5.74, 6) is 0. The van der Waals surface area contributed by atoms with Crippen molar-refractivity contribution in [2.75, 3.05) is 18.4 Å². The number of amides is 1. The lowest BCUT2D eigenvalue weighted by atomic mass is 10.2. The van der Waals surface area contributed by atoms with Crippen molar-refractivity contribution in [1.82, 2.24) is 5.32 Å². The van der Waals surface area contributed by atoms with E-state index < -0.39 is 17.2 Å². The van der Waals surface area contributed by atoms with Crippen LogP contribution < -0.4 is 10.6 Å². The van der Waals surface area contributed by atoms with Crippen LogP contribution in [0, 0.1) is 0 Å². The Kier molecular flexibility index (Phi) is 7.05. The molecule has 8 heteroatoms. The predicted octanol–water partition coefficient (Wildman–Crippen LogP) is 4.63. The van der Waals surface area contributed by atoms with Gasteiger partial charge in [-0.15, -0.1) is 0 Å². The van der Waals surface area contributed by atoms with E-state index in [-0.39, 0.29) is 16.7 Å². The van der Waals surface area contributed by atoms with E-state index in [1.807, 2.05) is 0 Å². The quantitative estimate of drug-likeness (QED) is 0.580. The topological polar surface area (TPSA) is 50.4 Å². The highest BCUT2D eigenvalue weighted by atomic mass is 32.2. The van der Waals surface area contributed by atoms with Crippen molar-refractivity contribution in [3.05, 3.63) is 24.3 Å². The van der Waals surface area contributed by atoms with Crippen molar-refractivity contribution in [3.63, 3.8) is 0 Å². The van der Waals surface area contributed by atoms with Crippen LogP contribution in [0.5, 0.6) is 0 Å². The minimum atomic E-state index is -4.28. The zero-order valence-corrected chi connectivity index (χ0v) is 14.1. The highest BCUT2D eigenvalue weighted by Gasteiger charge is 2.28. The molecule has 1 aromatic carbocycles. The molecule has 0 aliphatic heterocycles. The van der Waals surface area contributed by atoms with Gasteiger partial charge in [0.15, 0.2) is 0 Å². The third-order valence-electron chi connectivity index (χ3n) is 2.44. The van der Waals surface area contributed by atoms with Crippen molar-refractivity contribution in [3.8, 4) is 0 Å². The van der Waals surface area contributed by atoms with Gasteiger partial charge in [-0.1, -0.05) is 0 Å². The van der Waals surface area contributed by atoms with Crippen LogP contribution in [0.2, 0.25) is 0 Å². The molecule has 1 rings (SSSR count). The first kappa shape index (κ1) is 19.5. The van der Waals surface area contributed by atoms with Gasteiger partial charge in [-0.2, -0.15) is 13.2 Å². The summed E-state index contributed by atoms with van der Waals surface area (Å²) in [4.78, 5) is 11.5. The lowest BCUT2D eigenvalue weighted by Gasteiger charge is -2.19. The van der Waals surface area contributed by atoms with Crippen LogP contribution in [0.1, 0.15) is 27.2 Å². The van der Waals surface area contributed by atoms with Gasteiger partial charge in [-0.05, 0) is 63.2 Å². The normalized spacial score (nSPS) is 11.9. The molecular weight excluding hydrogens is 329 g/mol. The Morgan fingerprint density at radius 2 is 1.74 bits per heavy atom. The molecule has 0 radical (unpaired) electrons. The van der Waals surface area contributed by atoms with E-state index in [0.29, 0.717) is 19.5 Å². The van der Waals surface area contributed by atoms with Crippen LogP contribution in [-0.2, 0) is 4.74 Å². The number of hydrogen-bond donors (Lipinski definition) is 2. The van der Waals surface area contributed by atoms with Gasteiger partial charge in [0, 0.05) is 23.7 Å². The molecule has 0 bridgehead atoms. The molecule has 4 nitrogen and oxygen atoms in total. The second-order valence-electron chi connectivity index (χ2n) is 5.78. The number of nitrogens with one attached hydrogen (secondary N) is 2. The molecule has 0 aliphatic rings. The highest BCUT2D eigenvalue weighted by Crippen LogP contribution is 2.36. The minimum Gasteiger partial charge on any atom is -0.444 e. The molecule has 2 N–H and O–H groups in total. The number of benzene rings is 1. The summed E-state index contributed by atoms with van der Waals surface area (Å²) in [5.41, 5.74) is -4.07. The van der Waals surface area contributed by atoms with Crippen LogP contribution >= 0.6 is 11.8 Å². The van der Waals surface area contributed by atoms with E-state index in [9.17, 15) is 18.0 Å². The first-order valence-corrected chi connectivity index (χ1v) is 7.93. The van der Waals surface area contributed by atoms with Crippen LogP contribution in [0.25, 0.3) is 0 Å². The standard InChI is InChI=1S/C15H21F3N2O2S/c1-14(2,3)22-13(21)20-10-4-9-19-11-5-7-12(8-6-11)23-15(16,17)18/h5-8,19H,4,9-10H2,1-3H3,(H,20,21). The Hall–Kier alpha value is -1.57. The number of alkyl halides is 3. The Labute approximate surface area is 138 Å². The molecule has 0 heterocycles. The fourth-order valence-corrected chi connectivity index (χ4v) is 2.14. The summed E-state index contributed by atoms with van der Waals surface area (Å²) < 4.78 is 41.7. The van der Waals surface area contributed by atoms with E-state index >= 15 is 0 Å². The van der Waals surface area contributed by atoms with Gasteiger partial charge in [0.25, 0.3) is 0 Å². The average Bonchev–Trinajstić information content (AvgIpc) is 2.36. The fourth-order valence-electron chi connectivity index (χ4n) is 1.60. The van der Waals surface area contributed by atoms with Crippen LogP contribution in [0.4, 0.5) is 23.7 Å². The lowest BCUT2D eigenvalue weighted by molar-refractivity contribution is -0.0328. The average molecular weight is 350 g/mol. The summed E-state index contributed by atoms with van der Waals surface area (Å²) in [6, 6.07) is 6.02. The molecule has 0 aromatic heterocycles. The molecule has 0 atom stereocenters. The van der Waals surface area contributed by atoms with Crippen molar-refractivity contribution in [2.24, 2.45) is 0 Å². The van der Waals surface area contributed by atoms with Crippen molar-refractivity contribution >= 4 is 23.5 Å². The monoisotopic (exact) mass is 350 g/mol. The van der Waals surface area contributed by atoms with Gasteiger partial charge in [-0.3, -0.25) is 0 Å². The molecule has 0 saturated heterocycles. The number of hydrogen-bond acceptors (Lipinski definition) is 4. The van der Waals surface area contributed by atoms with E-state index in [2.05, 4.69) is 10.6 Å². The molecule has 0 unspecified atom stereocenters. The summed E-state index contributed by atoms with van der Waals surface area (Å²) in [6.07, 6.45) is 0.198. The number of anilines is 1.